The lowest BCUT2D eigenvalue weighted by atomic mass is 10.3. The molecule has 0 aromatic heterocycles. The Morgan fingerprint density at radius 3 is 1.90 bits per heavy atom. The number of hydrogen-bond acceptors (Lipinski definition) is 3. The number of carboxylic acids is 2. The van der Waals surface area contributed by atoms with Gasteiger partial charge in [0.25, 0.3) is 0 Å². The smallest absolute Gasteiger partial charge is 0.334 e. The molecular weight excluding hydrogens is 140 g/mol. The van der Waals surface area contributed by atoms with E-state index in [1.54, 1.807) is 0 Å². The molecule has 0 saturated carbocycles. The summed E-state index contributed by atoms with van der Waals surface area (Å²) in [6.45, 7) is -0.776. The van der Waals surface area contributed by atoms with E-state index in [1.165, 1.54) is 0 Å². The van der Waals surface area contributed by atoms with Gasteiger partial charge in [-0.2, -0.15) is 0 Å². The van der Waals surface area contributed by atoms with Crippen molar-refractivity contribution in [3.05, 3.63) is 11.6 Å². The minimum Gasteiger partial charge on any atom is -0.478 e. The third-order valence-corrected chi connectivity index (χ3v) is 0.743. The number of aliphatic hydroxyl groups is 1. The van der Waals surface area contributed by atoms with Crippen LogP contribution in [0.25, 0.3) is 0 Å². The van der Waals surface area contributed by atoms with Crippen molar-refractivity contribution in [1.29, 1.82) is 0 Å². The summed E-state index contributed by atoms with van der Waals surface area (Å²) in [5, 5.41) is 24.4. The van der Waals surface area contributed by atoms with E-state index < -0.39 is 24.1 Å². The largest absolute Gasteiger partial charge is 0.478 e. The highest BCUT2D eigenvalue weighted by atomic mass is 16.4. The van der Waals surface area contributed by atoms with E-state index >= 15 is 0 Å². The van der Waals surface area contributed by atoms with Crippen molar-refractivity contribution in [3.63, 3.8) is 0 Å². The zero-order valence-electron chi connectivity index (χ0n) is 4.94. The van der Waals surface area contributed by atoms with Crippen molar-refractivity contribution in [2.75, 3.05) is 6.61 Å². The lowest BCUT2D eigenvalue weighted by molar-refractivity contribution is -0.135. The van der Waals surface area contributed by atoms with Crippen molar-refractivity contribution in [2.45, 2.75) is 0 Å². The fourth-order valence-corrected chi connectivity index (χ4v) is 0.324. The van der Waals surface area contributed by atoms with Gasteiger partial charge in [0.2, 0.25) is 0 Å². The molecule has 0 atom stereocenters. The molecule has 0 amide bonds. The molecule has 0 aliphatic heterocycles. The summed E-state index contributed by atoms with van der Waals surface area (Å²) in [4.78, 5) is 19.8. The van der Waals surface area contributed by atoms with Gasteiger partial charge in [-0.15, -0.1) is 0 Å². The molecule has 5 heteroatoms. The third-order valence-electron chi connectivity index (χ3n) is 0.743. The molecular formula is C5H6O5. The van der Waals surface area contributed by atoms with E-state index in [2.05, 4.69) is 0 Å². The first kappa shape index (κ1) is 8.64. The molecule has 0 rings (SSSR count). The monoisotopic (exact) mass is 146 g/mol. The number of carbonyl (C=O) groups is 2. The number of hydrogen-bond donors (Lipinski definition) is 3. The summed E-state index contributed by atoms with van der Waals surface area (Å²) in [6, 6.07) is 0. The molecule has 0 fully saturated rings. The molecule has 0 aromatic rings. The van der Waals surface area contributed by atoms with Crippen LogP contribution < -0.4 is 0 Å². The molecule has 0 saturated heterocycles. The second kappa shape index (κ2) is 3.62. The van der Waals surface area contributed by atoms with Crippen LogP contribution in [0.15, 0.2) is 11.6 Å². The first-order chi connectivity index (χ1) is 4.57. The van der Waals surface area contributed by atoms with Crippen LogP contribution in [0.2, 0.25) is 0 Å². The van der Waals surface area contributed by atoms with Crippen LogP contribution >= 0.6 is 0 Å². The Bertz CT molecular complexity index is 180. The highest BCUT2D eigenvalue weighted by Crippen LogP contribution is 1.91. The fourth-order valence-electron chi connectivity index (χ4n) is 0.324. The van der Waals surface area contributed by atoms with Gasteiger partial charge in [0.1, 0.15) is 0 Å². The number of aliphatic hydroxyl groups excluding tert-OH is 1. The highest BCUT2D eigenvalue weighted by Gasteiger charge is 2.06. The van der Waals surface area contributed by atoms with Gasteiger partial charge in [0.15, 0.2) is 0 Å². The van der Waals surface area contributed by atoms with Crippen LogP contribution in [-0.2, 0) is 9.59 Å². The number of aliphatic carboxylic acids is 2. The van der Waals surface area contributed by atoms with Crippen LogP contribution in [0.5, 0.6) is 0 Å². The minimum absolute atomic E-state index is 0.447. The molecule has 5 nitrogen and oxygen atoms in total. The summed E-state index contributed by atoms with van der Waals surface area (Å²) in [5.74, 6) is -2.81. The molecule has 0 bridgehead atoms. The van der Waals surface area contributed by atoms with Crippen molar-refractivity contribution < 1.29 is 24.9 Å². The second-order valence-corrected chi connectivity index (χ2v) is 1.47. The number of rotatable bonds is 3. The summed E-state index contributed by atoms with van der Waals surface area (Å²) >= 11 is 0. The van der Waals surface area contributed by atoms with Gasteiger partial charge in [0, 0.05) is 6.08 Å². The van der Waals surface area contributed by atoms with E-state index in [0.29, 0.717) is 6.08 Å². The molecule has 56 valence electrons. The van der Waals surface area contributed by atoms with E-state index in [-0.39, 0.29) is 0 Å². The second-order valence-electron chi connectivity index (χ2n) is 1.47. The van der Waals surface area contributed by atoms with Gasteiger partial charge in [-0.3, -0.25) is 0 Å². The van der Waals surface area contributed by atoms with Crippen molar-refractivity contribution in [1.82, 2.24) is 0 Å². The first-order valence-electron chi connectivity index (χ1n) is 2.35. The molecule has 0 radical (unpaired) electrons. The van der Waals surface area contributed by atoms with E-state index in [1.807, 2.05) is 0 Å². The molecule has 0 aliphatic rings. The van der Waals surface area contributed by atoms with Crippen LogP contribution in [0.1, 0.15) is 0 Å². The predicted octanol–water partition coefficient (Wildman–Crippen LogP) is -0.926. The van der Waals surface area contributed by atoms with E-state index in [0.717, 1.165) is 0 Å². The van der Waals surface area contributed by atoms with Crippen molar-refractivity contribution in [3.8, 4) is 0 Å². The molecule has 0 aromatic carbocycles. The summed E-state index contributed by atoms with van der Waals surface area (Å²) in [7, 11) is 0. The van der Waals surface area contributed by atoms with Gasteiger partial charge >= 0.3 is 11.9 Å². The maximum Gasteiger partial charge on any atom is 0.334 e. The molecule has 0 spiro atoms. The Labute approximate surface area is 56.2 Å². The van der Waals surface area contributed by atoms with Crippen LogP contribution in [-0.4, -0.2) is 33.9 Å². The maximum atomic E-state index is 9.97. The zero-order chi connectivity index (χ0) is 8.15. The fraction of sp³-hybridized carbons (Fsp3) is 0.200. The molecule has 3 N–H and O–H groups in total. The van der Waals surface area contributed by atoms with Crippen LogP contribution in [0.4, 0.5) is 0 Å². The lowest BCUT2D eigenvalue weighted by Gasteiger charge is -1.91. The Balaban J connectivity index is 4.34. The topological polar surface area (TPSA) is 94.8 Å². The van der Waals surface area contributed by atoms with Gasteiger partial charge < -0.3 is 15.3 Å². The predicted molar refractivity (Wildman–Crippen MR) is 30.4 cm³/mol. The standard InChI is InChI=1S/C5H6O5/c6-2-3(5(9)10)1-4(7)8/h1,6H,2H2,(H,7,8)(H,9,10)/b3-1+. The molecule has 0 aliphatic carbocycles. The first-order valence-corrected chi connectivity index (χ1v) is 2.35. The van der Waals surface area contributed by atoms with Crippen LogP contribution in [0, 0.1) is 0 Å². The van der Waals surface area contributed by atoms with Gasteiger partial charge in [-0.25, -0.2) is 9.59 Å². The van der Waals surface area contributed by atoms with Crippen molar-refractivity contribution in [2.24, 2.45) is 0 Å². The SMILES string of the molecule is O=C(O)/C=C(\CO)C(=O)O. The molecule has 0 unspecified atom stereocenters. The highest BCUT2D eigenvalue weighted by molar-refractivity contribution is 5.94. The zero-order valence-corrected chi connectivity index (χ0v) is 4.94. The Morgan fingerprint density at radius 2 is 1.80 bits per heavy atom. The quantitative estimate of drug-likeness (QED) is 0.447. The van der Waals surface area contributed by atoms with Gasteiger partial charge in [0.05, 0.1) is 12.2 Å². The Morgan fingerprint density at radius 1 is 1.30 bits per heavy atom. The summed E-state index contributed by atoms with van der Waals surface area (Å²) in [6.07, 6.45) is 0.447. The van der Waals surface area contributed by atoms with Crippen LogP contribution in [0.3, 0.4) is 0 Å². The minimum atomic E-state index is -1.43. The summed E-state index contributed by atoms with van der Waals surface area (Å²) in [5.41, 5.74) is -0.535. The number of carboxylic acid groups (broad SMARTS) is 2. The third kappa shape index (κ3) is 2.83. The van der Waals surface area contributed by atoms with E-state index in [4.69, 9.17) is 15.3 Å². The average Bonchev–Trinajstić information content (AvgIpc) is 1.81. The Hall–Kier alpha value is -1.36. The van der Waals surface area contributed by atoms with E-state index in [9.17, 15) is 9.59 Å². The average molecular weight is 146 g/mol. The van der Waals surface area contributed by atoms with Crippen molar-refractivity contribution >= 4 is 11.9 Å². The van der Waals surface area contributed by atoms with Gasteiger partial charge in [-0.1, -0.05) is 0 Å². The molecule has 0 heterocycles. The maximum absolute atomic E-state index is 9.97. The Kier molecular flexibility index (Phi) is 3.13. The summed E-state index contributed by atoms with van der Waals surface area (Å²) < 4.78 is 0. The van der Waals surface area contributed by atoms with Gasteiger partial charge in [-0.05, 0) is 0 Å². The normalized spacial score (nSPS) is 11.1. The molecule has 10 heavy (non-hydrogen) atoms. The lowest BCUT2D eigenvalue weighted by Crippen LogP contribution is -2.07.